The first kappa shape index (κ1) is 18.6. The second-order valence-electron chi connectivity index (χ2n) is 7.70. The van der Waals surface area contributed by atoms with Gasteiger partial charge in [0.15, 0.2) is 0 Å². The van der Waals surface area contributed by atoms with E-state index in [1.54, 1.807) is 30.1 Å². The van der Waals surface area contributed by atoms with Gasteiger partial charge in [-0.3, -0.25) is 14.7 Å². The van der Waals surface area contributed by atoms with Gasteiger partial charge in [0.2, 0.25) is 5.56 Å². The van der Waals surface area contributed by atoms with Gasteiger partial charge in [-0.2, -0.15) is 5.10 Å². The molecule has 0 unspecified atom stereocenters. The SMILES string of the molecule is CN(Cc1cc(C(C)(C)C)n[nH]1)C(=O)c1ccc(-c2cccc(=O)[nH]2)cc1. The molecule has 6 heteroatoms. The molecule has 6 nitrogen and oxygen atoms in total. The summed E-state index contributed by atoms with van der Waals surface area (Å²) < 4.78 is 0. The van der Waals surface area contributed by atoms with Crippen LogP contribution in [0.2, 0.25) is 0 Å². The Morgan fingerprint density at radius 2 is 1.81 bits per heavy atom. The molecule has 0 saturated carbocycles. The van der Waals surface area contributed by atoms with Crippen LogP contribution < -0.4 is 5.56 Å². The van der Waals surface area contributed by atoms with Crippen LogP contribution >= 0.6 is 0 Å². The summed E-state index contributed by atoms with van der Waals surface area (Å²) in [6.07, 6.45) is 0. The summed E-state index contributed by atoms with van der Waals surface area (Å²) in [5, 5.41) is 7.34. The number of pyridine rings is 1. The lowest BCUT2D eigenvalue weighted by molar-refractivity contribution is 0.0783. The maximum Gasteiger partial charge on any atom is 0.253 e. The van der Waals surface area contributed by atoms with Gasteiger partial charge >= 0.3 is 0 Å². The summed E-state index contributed by atoms with van der Waals surface area (Å²) in [7, 11) is 1.77. The third-order valence-electron chi connectivity index (χ3n) is 4.36. The van der Waals surface area contributed by atoms with Crippen LogP contribution in [0.1, 0.15) is 42.5 Å². The standard InChI is InChI=1S/C21H24N4O2/c1-21(2,3)18-12-16(23-24-18)13-25(4)20(27)15-10-8-14(9-11-15)17-6-5-7-19(26)22-17/h5-12H,13H2,1-4H3,(H,22,26)(H,23,24). The van der Waals surface area contributed by atoms with E-state index < -0.39 is 0 Å². The maximum absolute atomic E-state index is 12.7. The van der Waals surface area contributed by atoms with Crippen LogP contribution in [0.3, 0.4) is 0 Å². The Morgan fingerprint density at radius 1 is 1.11 bits per heavy atom. The highest BCUT2D eigenvalue weighted by Crippen LogP contribution is 2.21. The van der Waals surface area contributed by atoms with E-state index in [0.717, 1.165) is 22.6 Å². The zero-order chi connectivity index (χ0) is 19.6. The maximum atomic E-state index is 12.7. The minimum absolute atomic E-state index is 0.0361. The topological polar surface area (TPSA) is 81.8 Å². The zero-order valence-electron chi connectivity index (χ0n) is 16.0. The van der Waals surface area contributed by atoms with E-state index in [1.165, 1.54) is 6.07 Å². The van der Waals surface area contributed by atoms with Gasteiger partial charge < -0.3 is 9.88 Å². The van der Waals surface area contributed by atoms with Crippen LogP contribution in [0.15, 0.2) is 53.3 Å². The predicted octanol–water partition coefficient (Wildman–Crippen LogP) is 3.33. The summed E-state index contributed by atoms with van der Waals surface area (Å²) in [6, 6.07) is 14.2. The number of nitrogens with one attached hydrogen (secondary N) is 2. The van der Waals surface area contributed by atoms with Crippen LogP contribution in [0.25, 0.3) is 11.3 Å². The van der Waals surface area contributed by atoms with Crippen molar-refractivity contribution in [2.45, 2.75) is 32.7 Å². The third-order valence-corrected chi connectivity index (χ3v) is 4.36. The minimum atomic E-state index is -0.151. The van der Waals surface area contributed by atoms with Gasteiger partial charge in [0.05, 0.1) is 17.9 Å². The zero-order valence-corrected chi connectivity index (χ0v) is 16.0. The molecule has 0 spiro atoms. The lowest BCUT2D eigenvalue weighted by atomic mass is 9.92. The molecule has 0 aliphatic rings. The van der Waals surface area contributed by atoms with Gasteiger partial charge in [0, 0.05) is 29.8 Å². The number of carbonyl (C=O) groups excluding carboxylic acids is 1. The first-order chi connectivity index (χ1) is 12.7. The number of aromatic nitrogens is 3. The first-order valence-electron chi connectivity index (χ1n) is 8.84. The van der Waals surface area contributed by atoms with Crippen LogP contribution in [-0.2, 0) is 12.0 Å². The number of benzene rings is 1. The van der Waals surface area contributed by atoms with Crippen LogP contribution in [-0.4, -0.2) is 33.0 Å². The van der Waals surface area contributed by atoms with Crippen molar-refractivity contribution in [2.24, 2.45) is 0 Å². The van der Waals surface area contributed by atoms with E-state index in [9.17, 15) is 9.59 Å². The Hall–Kier alpha value is -3.15. The van der Waals surface area contributed by atoms with Gasteiger partial charge in [-0.05, 0) is 29.8 Å². The van der Waals surface area contributed by atoms with Gasteiger partial charge in [-0.1, -0.05) is 39.0 Å². The highest BCUT2D eigenvalue weighted by molar-refractivity contribution is 5.94. The Kier molecular flexibility index (Phi) is 4.99. The molecule has 2 heterocycles. The van der Waals surface area contributed by atoms with E-state index in [0.29, 0.717) is 12.1 Å². The number of rotatable bonds is 4. The lowest BCUT2D eigenvalue weighted by Crippen LogP contribution is -2.26. The van der Waals surface area contributed by atoms with Crippen LogP contribution in [0.5, 0.6) is 0 Å². The monoisotopic (exact) mass is 364 g/mol. The summed E-state index contributed by atoms with van der Waals surface area (Å²) in [5.41, 5.74) is 3.86. The highest BCUT2D eigenvalue weighted by Gasteiger charge is 2.19. The van der Waals surface area contributed by atoms with Gasteiger partial charge in [0.25, 0.3) is 5.91 Å². The molecule has 1 amide bonds. The molecular weight excluding hydrogens is 340 g/mol. The number of amides is 1. The number of carbonyl (C=O) groups is 1. The molecule has 2 N–H and O–H groups in total. The molecule has 1 aromatic carbocycles. The van der Waals surface area contributed by atoms with E-state index >= 15 is 0 Å². The number of H-pyrrole nitrogens is 2. The highest BCUT2D eigenvalue weighted by atomic mass is 16.2. The predicted molar refractivity (Wildman–Crippen MR) is 106 cm³/mol. The lowest BCUT2D eigenvalue weighted by Gasteiger charge is -2.17. The smallest absolute Gasteiger partial charge is 0.253 e. The second-order valence-corrected chi connectivity index (χ2v) is 7.70. The average Bonchev–Trinajstić information content (AvgIpc) is 3.10. The molecule has 0 radical (unpaired) electrons. The van der Waals surface area contributed by atoms with Crippen molar-refractivity contribution in [3.8, 4) is 11.3 Å². The Balaban J connectivity index is 1.71. The van der Waals surface area contributed by atoms with Crippen molar-refractivity contribution in [3.63, 3.8) is 0 Å². The molecule has 0 saturated heterocycles. The summed E-state index contributed by atoms with van der Waals surface area (Å²) in [6.45, 7) is 6.76. The number of nitrogens with zero attached hydrogens (tertiary/aromatic N) is 2. The van der Waals surface area contributed by atoms with Crippen molar-refractivity contribution in [3.05, 3.63) is 75.8 Å². The number of hydrogen-bond donors (Lipinski definition) is 2. The van der Waals surface area contributed by atoms with Crippen molar-refractivity contribution in [2.75, 3.05) is 7.05 Å². The Bertz CT molecular complexity index is 994. The fourth-order valence-corrected chi connectivity index (χ4v) is 2.78. The summed E-state index contributed by atoms with van der Waals surface area (Å²) in [5.74, 6) is -0.0741. The van der Waals surface area contributed by atoms with Gasteiger partial charge in [-0.15, -0.1) is 0 Å². The van der Waals surface area contributed by atoms with Crippen molar-refractivity contribution >= 4 is 5.91 Å². The van der Waals surface area contributed by atoms with Gasteiger partial charge in [0.1, 0.15) is 0 Å². The van der Waals surface area contributed by atoms with Crippen molar-refractivity contribution in [1.82, 2.24) is 20.1 Å². The molecule has 0 aliphatic heterocycles. The molecular formula is C21H24N4O2. The van der Waals surface area contributed by atoms with E-state index in [2.05, 4.69) is 36.0 Å². The molecule has 0 fully saturated rings. The summed E-state index contributed by atoms with van der Waals surface area (Å²) in [4.78, 5) is 28.6. The molecule has 27 heavy (non-hydrogen) atoms. The Morgan fingerprint density at radius 3 is 2.41 bits per heavy atom. The summed E-state index contributed by atoms with van der Waals surface area (Å²) >= 11 is 0. The van der Waals surface area contributed by atoms with Gasteiger partial charge in [-0.25, -0.2) is 0 Å². The van der Waals surface area contributed by atoms with Crippen LogP contribution in [0.4, 0.5) is 0 Å². The average molecular weight is 364 g/mol. The molecule has 3 aromatic rings. The molecule has 2 aromatic heterocycles. The minimum Gasteiger partial charge on any atom is -0.336 e. The van der Waals surface area contributed by atoms with E-state index in [1.807, 2.05) is 24.3 Å². The van der Waals surface area contributed by atoms with Crippen molar-refractivity contribution in [1.29, 1.82) is 0 Å². The molecule has 3 rings (SSSR count). The van der Waals surface area contributed by atoms with Crippen molar-refractivity contribution < 1.29 is 4.79 Å². The van der Waals surface area contributed by atoms with E-state index in [4.69, 9.17) is 0 Å². The molecule has 0 aliphatic carbocycles. The Labute approximate surface area is 158 Å². The molecule has 0 bridgehead atoms. The first-order valence-corrected chi connectivity index (χ1v) is 8.84. The second kappa shape index (κ2) is 7.23. The fourth-order valence-electron chi connectivity index (χ4n) is 2.78. The molecule has 0 atom stereocenters. The largest absolute Gasteiger partial charge is 0.336 e. The van der Waals surface area contributed by atoms with E-state index in [-0.39, 0.29) is 16.9 Å². The molecule has 140 valence electrons. The fraction of sp³-hybridized carbons (Fsp3) is 0.286. The number of aromatic amines is 2. The quantitative estimate of drug-likeness (QED) is 0.745. The normalized spacial score (nSPS) is 11.4. The third kappa shape index (κ3) is 4.34. The van der Waals surface area contributed by atoms with Crippen LogP contribution in [0, 0.1) is 0 Å². The number of hydrogen-bond acceptors (Lipinski definition) is 3.